The average molecular weight is 481 g/mol. The lowest BCUT2D eigenvalue weighted by molar-refractivity contribution is -0.110. The molecule has 0 aromatic heterocycles. The Balaban J connectivity index is 1.37. The third kappa shape index (κ3) is 3.45. The summed E-state index contributed by atoms with van der Waals surface area (Å²) in [7, 11) is 4.86. The van der Waals surface area contributed by atoms with Crippen LogP contribution in [-0.4, -0.2) is 33.2 Å². The Morgan fingerprint density at radius 1 is 0.806 bits per heavy atom. The van der Waals surface area contributed by atoms with Gasteiger partial charge in [-0.1, -0.05) is 18.2 Å². The van der Waals surface area contributed by atoms with E-state index in [1.165, 1.54) is 0 Å². The number of hydrogen-bond donors (Lipinski definition) is 0. The lowest BCUT2D eigenvalue weighted by Gasteiger charge is -2.28. The Morgan fingerprint density at radius 2 is 1.61 bits per heavy atom. The van der Waals surface area contributed by atoms with Crippen LogP contribution in [0.25, 0.3) is 5.57 Å². The number of rotatable bonds is 5. The third-order valence-corrected chi connectivity index (χ3v) is 6.72. The quantitative estimate of drug-likeness (QED) is 0.570. The summed E-state index contributed by atoms with van der Waals surface area (Å²) in [4.78, 5) is 13.7. The molecule has 0 radical (unpaired) electrons. The average Bonchev–Trinajstić information content (AvgIpc) is 3.32. The van der Waals surface area contributed by atoms with E-state index < -0.39 is 0 Å². The minimum Gasteiger partial charge on any atom is -0.497 e. The standard InChI is InChI=1S/C30H24O6/c1-32-18-6-4-5-17(15-18)20-9-12-26-29(30(20)31)28-22-10-11-23(35-24(22)13-14-25(28)36-26)21-8-7-19(33-2)16-27(21)34-3/h4-16,23,25H,1-3H3. The number of methoxy groups -OCH3 is 3. The Morgan fingerprint density at radius 3 is 2.42 bits per heavy atom. The van der Waals surface area contributed by atoms with E-state index in [4.69, 9.17) is 23.7 Å². The predicted octanol–water partition coefficient (Wildman–Crippen LogP) is 5.41. The van der Waals surface area contributed by atoms with Crippen LogP contribution in [0.5, 0.6) is 17.2 Å². The topological polar surface area (TPSA) is 63.2 Å². The maximum atomic E-state index is 13.7. The second-order valence-corrected chi connectivity index (χ2v) is 8.64. The van der Waals surface area contributed by atoms with Crippen LogP contribution in [0.1, 0.15) is 17.2 Å². The molecule has 0 bridgehead atoms. The SMILES string of the molecule is COc1cccc(C2=CC=C3OC4C=CC5=C(C=CC(c6ccc(OC)cc6OC)O5)C4=C3C2=O)c1. The van der Waals surface area contributed by atoms with Crippen LogP contribution in [0.4, 0.5) is 0 Å². The number of allylic oxidation sites excluding steroid dienone is 6. The number of carbonyl (C=O) groups excluding carboxylic acids is 1. The molecule has 36 heavy (non-hydrogen) atoms. The zero-order valence-electron chi connectivity index (χ0n) is 20.1. The lowest BCUT2D eigenvalue weighted by Crippen LogP contribution is -2.18. The van der Waals surface area contributed by atoms with E-state index in [-0.39, 0.29) is 18.0 Å². The molecule has 4 aliphatic rings. The molecule has 180 valence electrons. The van der Waals surface area contributed by atoms with E-state index in [9.17, 15) is 4.79 Å². The van der Waals surface area contributed by atoms with Gasteiger partial charge in [0, 0.05) is 28.3 Å². The molecule has 2 aliphatic heterocycles. The Bertz CT molecular complexity index is 1470. The minimum absolute atomic E-state index is 0.0762. The molecule has 0 spiro atoms. The molecule has 2 aromatic carbocycles. The summed E-state index contributed by atoms with van der Waals surface area (Å²) < 4.78 is 28.8. The van der Waals surface area contributed by atoms with Gasteiger partial charge in [0.05, 0.1) is 26.9 Å². The fourth-order valence-electron chi connectivity index (χ4n) is 4.95. The van der Waals surface area contributed by atoms with Crippen molar-refractivity contribution in [3.05, 3.63) is 118 Å². The number of fused-ring (bicyclic) bond motifs is 3. The van der Waals surface area contributed by atoms with Crippen molar-refractivity contribution in [3.63, 3.8) is 0 Å². The summed E-state index contributed by atoms with van der Waals surface area (Å²) in [6.45, 7) is 0. The first-order valence-electron chi connectivity index (χ1n) is 11.6. The van der Waals surface area contributed by atoms with Crippen molar-refractivity contribution >= 4 is 11.4 Å². The van der Waals surface area contributed by atoms with Crippen molar-refractivity contribution < 1.29 is 28.5 Å². The van der Waals surface area contributed by atoms with Gasteiger partial charge in [-0.05, 0) is 60.2 Å². The molecule has 0 fully saturated rings. The maximum Gasteiger partial charge on any atom is 0.197 e. The molecule has 6 rings (SSSR count). The Kier molecular flexibility index (Phi) is 5.29. The first-order chi connectivity index (χ1) is 17.6. The van der Waals surface area contributed by atoms with Gasteiger partial charge in [-0.25, -0.2) is 0 Å². The van der Waals surface area contributed by atoms with Crippen LogP contribution >= 0.6 is 0 Å². The van der Waals surface area contributed by atoms with Crippen LogP contribution in [0, 0.1) is 0 Å². The lowest BCUT2D eigenvalue weighted by atomic mass is 9.84. The molecular weight excluding hydrogens is 456 g/mol. The van der Waals surface area contributed by atoms with Crippen molar-refractivity contribution in [3.8, 4) is 17.2 Å². The van der Waals surface area contributed by atoms with Gasteiger partial charge in [0.15, 0.2) is 5.78 Å². The van der Waals surface area contributed by atoms with E-state index >= 15 is 0 Å². The molecule has 0 saturated heterocycles. The molecule has 2 atom stereocenters. The van der Waals surface area contributed by atoms with Crippen LogP contribution in [0.15, 0.2) is 107 Å². The van der Waals surface area contributed by atoms with Gasteiger partial charge >= 0.3 is 0 Å². The summed E-state index contributed by atoms with van der Waals surface area (Å²) in [5.74, 6) is 3.28. The molecule has 2 unspecified atom stereocenters. The zero-order chi connectivity index (χ0) is 24.8. The van der Waals surface area contributed by atoms with Gasteiger partial charge in [-0.2, -0.15) is 0 Å². The van der Waals surface area contributed by atoms with Gasteiger partial charge in [0.2, 0.25) is 0 Å². The van der Waals surface area contributed by atoms with Gasteiger partial charge < -0.3 is 23.7 Å². The number of Topliss-reactive ketones (excluding diaryl/α,β-unsaturated/α-hetero) is 1. The highest BCUT2D eigenvalue weighted by Gasteiger charge is 2.41. The summed E-state index contributed by atoms with van der Waals surface area (Å²) in [6, 6.07) is 13.2. The van der Waals surface area contributed by atoms with E-state index in [2.05, 4.69) is 0 Å². The van der Waals surface area contributed by atoms with Crippen LogP contribution in [0.2, 0.25) is 0 Å². The smallest absolute Gasteiger partial charge is 0.197 e. The summed E-state index contributed by atoms with van der Waals surface area (Å²) in [5.41, 5.74) is 4.54. The van der Waals surface area contributed by atoms with Gasteiger partial charge in [-0.15, -0.1) is 0 Å². The first kappa shape index (κ1) is 22.0. The third-order valence-electron chi connectivity index (χ3n) is 6.72. The number of benzene rings is 2. The van der Waals surface area contributed by atoms with Crippen molar-refractivity contribution in [2.45, 2.75) is 12.2 Å². The Hall–Kier alpha value is -4.45. The second kappa shape index (κ2) is 8.64. The van der Waals surface area contributed by atoms with E-state index in [0.29, 0.717) is 39.9 Å². The molecule has 2 aromatic rings. The fourth-order valence-corrected chi connectivity index (χ4v) is 4.95. The molecule has 6 nitrogen and oxygen atoms in total. The van der Waals surface area contributed by atoms with E-state index in [1.807, 2.05) is 78.9 Å². The highest BCUT2D eigenvalue weighted by atomic mass is 16.5. The molecule has 6 heteroatoms. The highest BCUT2D eigenvalue weighted by molar-refractivity contribution is 6.32. The largest absolute Gasteiger partial charge is 0.497 e. The zero-order valence-corrected chi connectivity index (χ0v) is 20.1. The first-order valence-corrected chi connectivity index (χ1v) is 11.6. The van der Waals surface area contributed by atoms with Gasteiger partial charge in [0.1, 0.15) is 41.0 Å². The van der Waals surface area contributed by atoms with E-state index in [1.54, 1.807) is 21.3 Å². The van der Waals surface area contributed by atoms with Crippen molar-refractivity contribution in [2.75, 3.05) is 21.3 Å². The molecule has 2 aliphatic carbocycles. The predicted molar refractivity (Wildman–Crippen MR) is 135 cm³/mol. The monoisotopic (exact) mass is 480 g/mol. The van der Waals surface area contributed by atoms with Crippen LogP contribution < -0.4 is 14.2 Å². The van der Waals surface area contributed by atoms with Crippen molar-refractivity contribution in [1.82, 2.24) is 0 Å². The molecule has 0 N–H and O–H groups in total. The minimum atomic E-state index is -0.344. The molecule has 0 saturated carbocycles. The number of ketones is 1. The fraction of sp³-hybridized carbons (Fsp3) is 0.167. The van der Waals surface area contributed by atoms with E-state index in [0.717, 1.165) is 22.3 Å². The van der Waals surface area contributed by atoms with Crippen molar-refractivity contribution in [2.24, 2.45) is 0 Å². The van der Waals surface area contributed by atoms with Gasteiger partial charge in [0.25, 0.3) is 0 Å². The summed E-state index contributed by atoms with van der Waals surface area (Å²) >= 11 is 0. The summed E-state index contributed by atoms with van der Waals surface area (Å²) in [5, 5.41) is 0. The Labute approximate surface area is 209 Å². The van der Waals surface area contributed by atoms with Gasteiger partial charge in [-0.3, -0.25) is 4.79 Å². The maximum absolute atomic E-state index is 13.7. The molecule has 0 amide bonds. The van der Waals surface area contributed by atoms with Crippen molar-refractivity contribution in [1.29, 1.82) is 0 Å². The molecular formula is C30H24O6. The summed E-state index contributed by atoms with van der Waals surface area (Å²) in [6.07, 6.45) is 10.8. The number of hydrogen-bond acceptors (Lipinski definition) is 6. The number of carbonyl (C=O) groups is 1. The van der Waals surface area contributed by atoms with Crippen LogP contribution in [0.3, 0.4) is 0 Å². The normalized spacial score (nSPS) is 21.6. The highest BCUT2D eigenvalue weighted by Crippen LogP contribution is 2.47. The second-order valence-electron chi connectivity index (χ2n) is 8.64. The molecule has 2 heterocycles. The number of ether oxygens (including phenoxy) is 5. The van der Waals surface area contributed by atoms with Crippen LogP contribution in [-0.2, 0) is 14.3 Å².